The number of hydrogen-bond donors (Lipinski definition) is 1. The SMILES string of the molecule is CCC/C=C\c1cccc(C=N)c1. The molecule has 0 unspecified atom stereocenters. The Morgan fingerprint density at radius 3 is 2.77 bits per heavy atom. The zero-order valence-electron chi connectivity index (χ0n) is 7.96. The van der Waals surface area contributed by atoms with Gasteiger partial charge in [0.05, 0.1) is 0 Å². The molecule has 0 bridgehead atoms. The minimum absolute atomic E-state index is 0.957. The largest absolute Gasteiger partial charge is 0.308 e. The van der Waals surface area contributed by atoms with Gasteiger partial charge in [0.15, 0.2) is 0 Å². The van der Waals surface area contributed by atoms with E-state index >= 15 is 0 Å². The Bertz CT molecular complexity index is 300. The Balaban J connectivity index is 2.71. The second kappa shape index (κ2) is 5.31. The van der Waals surface area contributed by atoms with Gasteiger partial charge in [0.25, 0.3) is 0 Å². The van der Waals surface area contributed by atoms with Crippen LogP contribution in [0.3, 0.4) is 0 Å². The molecular formula is C12H15N. The maximum atomic E-state index is 7.10. The number of allylic oxidation sites excluding steroid dienone is 1. The van der Waals surface area contributed by atoms with Crippen LogP contribution in [0.2, 0.25) is 0 Å². The van der Waals surface area contributed by atoms with Gasteiger partial charge in [0.2, 0.25) is 0 Å². The monoisotopic (exact) mass is 173 g/mol. The van der Waals surface area contributed by atoms with Crippen molar-refractivity contribution in [3.05, 3.63) is 41.5 Å². The van der Waals surface area contributed by atoms with Crippen molar-refractivity contribution in [2.45, 2.75) is 19.8 Å². The minimum atomic E-state index is 0.957. The molecule has 0 aliphatic rings. The van der Waals surface area contributed by atoms with E-state index in [-0.39, 0.29) is 0 Å². The highest BCUT2D eigenvalue weighted by atomic mass is 14.3. The highest BCUT2D eigenvalue weighted by Crippen LogP contribution is 2.06. The Hall–Kier alpha value is -1.37. The van der Waals surface area contributed by atoms with E-state index in [1.807, 2.05) is 18.2 Å². The average molecular weight is 173 g/mol. The van der Waals surface area contributed by atoms with Crippen molar-refractivity contribution in [2.24, 2.45) is 0 Å². The van der Waals surface area contributed by atoms with Gasteiger partial charge in [-0.3, -0.25) is 0 Å². The van der Waals surface area contributed by atoms with Crippen LogP contribution in [0.4, 0.5) is 0 Å². The first-order valence-corrected chi connectivity index (χ1v) is 4.64. The molecule has 1 N–H and O–H groups in total. The fourth-order valence-electron chi connectivity index (χ4n) is 1.14. The van der Waals surface area contributed by atoms with Gasteiger partial charge >= 0.3 is 0 Å². The van der Waals surface area contributed by atoms with Crippen LogP contribution in [0.5, 0.6) is 0 Å². The second-order valence-corrected chi connectivity index (χ2v) is 3.01. The number of benzene rings is 1. The summed E-state index contributed by atoms with van der Waals surface area (Å²) in [6.07, 6.45) is 7.95. The van der Waals surface area contributed by atoms with E-state index < -0.39 is 0 Å². The highest BCUT2D eigenvalue weighted by molar-refractivity contribution is 5.78. The lowest BCUT2D eigenvalue weighted by Gasteiger charge is -1.94. The molecule has 0 fully saturated rings. The molecule has 0 heterocycles. The zero-order chi connectivity index (χ0) is 9.52. The van der Waals surface area contributed by atoms with Crippen molar-refractivity contribution >= 4 is 12.3 Å². The van der Waals surface area contributed by atoms with Gasteiger partial charge in [0, 0.05) is 6.21 Å². The maximum absolute atomic E-state index is 7.10. The first-order valence-electron chi connectivity index (χ1n) is 4.64. The van der Waals surface area contributed by atoms with Crippen molar-refractivity contribution < 1.29 is 0 Å². The Labute approximate surface area is 79.6 Å². The van der Waals surface area contributed by atoms with Gasteiger partial charge in [-0.05, 0) is 23.6 Å². The molecule has 0 spiro atoms. The smallest absolute Gasteiger partial charge is 0.0250 e. The van der Waals surface area contributed by atoms with Crippen molar-refractivity contribution in [1.82, 2.24) is 0 Å². The summed E-state index contributed by atoms with van der Waals surface area (Å²) in [5, 5.41) is 7.10. The predicted molar refractivity (Wildman–Crippen MR) is 58.3 cm³/mol. The van der Waals surface area contributed by atoms with Gasteiger partial charge in [-0.2, -0.15) is 0 Å². The van der Waals surface area contributed by atoms with Crippen LogP contribution in [0, 0.1) is 5.41 Å². The van der Waals surface area contributed by atoms with E-state index in [4.69, 9.17) is 5.41 Å². The lowest BCUT2D eigenvalue weighted by atomic mass is 10.1. The molecule has 0 amide bonds. The fraction of sp³-hybridized carbons (Fsp3) is 0.250. The first kappa shape index (κ1) is 9.72. The van der Waals surface area contributed by atoms with Crippen LogP contribution in [0.1, 0.15) is 30.9 Å². The summed E-state index contributed by atoms with van der Waals surface area (Å²) in [5.41, 5.74) is 2.13. The highest BCUT2D eigenvalue weighted by Gasteiger charge is 1.88. The van der Waals surface area contributed by atoms with E-state index in [2.05, 4.69) is 25.1 Å². The van der Waals surface area contributed by atoms with Gasteiger partial charge in [-0.25, -0.2) is 0 Å². The van der Waals surface area contributed by atoms with E-state index in [1.54, 1.807) is 0 Å². The molecule has 0 saturated carbocycles. The second-order valence-electron chi connectivity index (χ2n) is 3.01. The van der Waals surface area contributed by atoms with Crippen LogP contribution < -0.4 is 0 Å². The van der Waals surface area contributed by atoms with Gasteiger partial charge in [-0.1, -0.05) is 43.7 Å². The molecule has 68 valence electrons. The lowest BCUT2D eigenvalue weighted by Crippen LogP contribution is -1.79. The zero-order valence-corrected chi connectivity index (χ0v) is 7.96. The summed E-state index contributed by atoms with van der Waals surface area (Å²) in [7, 11) is 0. The third kappa shape index (κ3) is 3.24. The predicted octanol–water partition coefficient (Wildman–Crippen LogP) is 3.50. The summed E-state index contributed by atoms with van der Waals surface area (Å²) in [6, 6.07) is 7.98. The summed E-state index contributed by atoms with van der Waals surface area (Å²) in [6.45, 7) is 2.17. The van der Waals surface area contributed by atoms with Crippen molar-refractivity contribution in [3.63, 3.8) is 0 Å². The molecule has 1 aromatic rings. The molecular weight excluding hydrogens is 158 g/mol. The van der Waals surface area contributed by atoms with Crippen molar-refractivity contribution in [2.75, 3.05) is 0 Å². The fourth-order valence-corrected chi connectivity index (χ4v) is 1.14. The Kier molecular flexibility index (Phi) is 3.97. The number of hydrogen-bond acceptors (Lipinski definition) is 1. The van der Waals surface area contributed by atoms with Gasteiger partial charge in [0.1, 0.15) is 0 Å². The van der Waals surface area contributed by atoms with Crippen LogP contribution in [-0.2, 0) is 0 Å². The lowest BCUT2D eigenvalue weighted by molar-refractivity contribution is 0.962. The van der Waals surface area contributed by atoms with Crippen LogP contribution >= 0.6 is 0 Å². The average Bonchev–Trinajstić information content (AvgIpc) is 2.19. The van der Waals surface area contributed by atoms with E-state index in [1.165, 1.54) is 18.2 Å². The quantitative estimate of drug-likeness (QED) is 0.674. The standard InChI is InChI=1S/C12H15N/c1-2-3-4-6-11-7-5-8-12(9-11)10-13/h4-10,13H,2-3H2,1H3/b6-4-,13-10?. The normalized spacial score (nSPS) is 10.5. The van der Waals surface area contributed by atoms with Crippen molar-refractivity contribution in [3.8, 4) is 0 Å². The first-order chi connectivity index (χ1) is 6.36. The molecule has 1 nitrogen and oxygen atoms in total. The summed E-state index contributed by atoms with van der Waals surface area (Å²) >= 11 is 0. The van der Waals surface area contributed by atoms with Gasteiger partial charge in [-0.15, -0.1) is 0 Å². The van der Waals surface area contributed by atoms with E-state index in [0.29, 0.717) is 0 Å². The van der Waals surface area contributed by atoms with Crippen LogP contribution in [-0.4, -0.2) is 6.21 Å². The molecule has 13 heavy (non-hydrogen) atoms. The molecule has 1 heteroatoms. The number of rotatable bonds is 4. The molecule has 0 aromatic heterocycles. The molecule has 0 atom stereocenters. The van der Waals surface area contributed by atoms with E-state index in [0.717, 1.165) is 12.0 Å². The third-order valence-electron chi connectivity index (χ3n) is 1.84. The minimum Gasteiger partial charge on any atom is -0.308 e. The molecule has 0 radical (unpaired) electrons. The molecule has 0 saturated heterocycles. The van der Waals surface area contributed by atoms with Crippen LogP contribution in [0.15, 0.2) is 30.3 Å². The summed E-state index contributed by atoms with van der Waals surface area (Å²) in [4.78, 5) is 0. The third-order valence-corrected chi connectivity index (χ3v) is 1.84. The van der Waals surface area contributed by atoms with Crippen molar-refractivity contribution in [1.29, 1.82) is 5.41 Å². The number of nitrogens with one attached hydrogen (secondary N) is 1. The van der Waals surface area contributed by atoms with Crippen LogP contribution in [0.25, 0.3) is 6.08 Å². The Morgan fingerprint density at radius 2 is 2.08 bits per heavy atom. The maximum Gasteiger partial charge on any atom is 0.0250 e. The van der Waals surface area contributed by atoms with E-state index in [9.17, 15) is 0 Å². The molecule has 1 rings (SSSR count). The Morgan fingerprint density at radius 1 is 1.31 bits per heavy atom. The topological polar surface area (TPSA) is 23.9 Å². The molecule has 0 aliphatic carbocycles. The number of unbranched alkanes of at least 4 members (excludes halogenated alkanes) is 1. The molecule has 0 aliphatic heterocycles. The summed E-state index contributed by atoms with van der Waals surface area (Å²) in [5.74, 6) is 0. The van der Waals surface area contributed by atoms with Gasteiger partial charge < -0.3 is 5.41 Å². The summed E-state index contributed by atoms with van der Waals surface area (Å²) < 4.78 is 0. The molecule has 1 aromatic carbocycles.